The molecule has 0 aliphatic heterocycles. The van der Waals surface area contributed by atoms with Crippen molar-refractivity contribution in [1.82, 2.24) is 14.9 Å². The molecule has 0 saturated carbocycles. The molecular formula is C14H18FN3. The molecule has 1 aromatic heterocycles. The van der Waals surface area contributed by atoms with Crippen LogP contribution in [0.5, 0.6) is 0 Å². The van der Waals surface area contributed by atoms with Gasteiger partial charge in [0.2, 0.25) is 0 Å². The SMILES string of the molecule is CCCNCc1cc(-c2nccn2C)ccc1F. The summed E-state index contributed by atoms with van der Waals surface area (Å²) >= 11 is 0. The van der Waals surface area contributed by atoms with Crippen LogP contribution >= 0.6 is 0 Å². The van der Waals surface area contributed by atoms with Crippen LogP contribution in [0, 0.1) is 5.82 Å². The Bertz CT molecular complexity index is 520. The minimum atomic E-state index is -0.170. The number of aromatic nitrogens is 2. The summed E-state index contributed by atoms with van der Waals surface area (Å²) in [5.74, 6) is 0.684. The van der Waals surface area contributed by atoms with Crippen molar-refractivity contribution in [2.24, 2.45) is 7.05 Å². The Morgan fingerprint density at radius 1 is 1.39 bits per heavy atom. The summed E-state index contributed by atoms with van der Waals surface area (Å²) in [6.07, 6.45) is 4.67. The molecule has 0 bridgehead atoms. The topological polar surface area (TPSA) is 29.9 Å². The van der Waals surface area contributed by atoms with E-state index in [2.05, 4.69) is 17.2 Å². The summed E-state index contributed by atoms with van der Waals surface area (Å²) in [5, 5.41) is 3.21. The van der Waals surface area contributed by atoms with E-state index in [1.165, 1.54) is 6.07 Å². The highest BCUT2D eigenvalue weighted by Crippen LogP contribution is 2.20. The molecule has 0 radical (unpaired) electrons. The van der Waals surface area contributed by atoms with Gasteiger partial charge in [-0.25, -0.2) is 9.37 Å². The molecule has 1 heterocycles. The number of nitrogens with zero attached hydrogens (tertiary/aromatic N) is 2. The van der Waals surface area contributed by atoms with E-state index in [1.54, 1.807) is 12.3 Å². The molecule has 2 aromatic rings. The molecule has 3 nitrogen and oxygen atoms in total. The Morgan fingerprint density at radius 3 is 2.89 bits per heavy atom. The molecule has 0 fully saturated rings. The maximum atomic E-state index is 13.7. The van der Waals surface area contributed by atoms with Crippen molar-refractivity contribution in [3.63, 3.8) is 0 Å². The standard InChI is InChI=1S/C14H18FN3/c1-3-6-16-10-12-9-11(4-5-13(12)15)14-17-7-8-18(14)2/h4-5,7-9,16H,3,6,10H2,1-2H3. The molecular weight excluding hydrogens is 229 g/mol. The Kier molecular flexibility index (Phi) is 4.10. The lowest BCUT2D eigenvalue weighted by atomic mass is 10.1. The van der Waals surface area contributed by atoms with Crippen molar-refractivity contribution in [3.05, 3.63) is 42.0 Å². The highest BCUT2D eigenvalue weighted by atomic mass is 19.1. The van der Waals surface area contributed by atoms with Gasteiger partial charge in [0, 0.05) is 37.1 Å². The fourth-order valence-corrected chi connectivity index (χ4v) is 1.89. The van der Waals surface area contributed by atoms with Gasteiger partial charge in [-0.15, -0.1) is 0 Å². The second kappa shape index (κ2) is 5.78. The molecule has 0 aliphatic rings. The number of hydrogen-bond acceptors (Lipinski definition) is 2. The van der Waals surface area contributed by atoms with Crippen LogP contribution < -0.4 is 5.32 Å². The highest BCUT2D eigenvalue weighted by Gasteiger charge is 2.07. The predicted molar refractivity (Wildman–Crippen MR) is 70.6 cm³/mol. The van der Waals surface area contributed by atoms with Crippen LogP contribution in [-0.4, -0.2) is 16.1 Å². The minimum absolute atomic E-state index is 0.170. The minimum Gasteiger partial charge on any atom is -0.334 e. The first-order valence-corrected chi connectivity index (χ1v) is 6.19. The zero-order valence-corrected chi connectivity index (χ0v) is 10.8. The maximum absolute atomic E-state index is 13.7. The normalized spacial score (nSPS) is 10.8. The van der Waals surface area contributed by atoms with Crippen LogP contribution in [0.15, 0.2) is 30.6 Å². The smallest absolute Gasteiger partial charge is 0.139 e. The number of hydrogen-bond donors (Lipinski definition) is 1. The van der Waals surface area contributed by atoms with Gasteiger partial charge in [0.25, 0.3) is 0 Å². The van der Waals surface area contributed by atoms with Gasteiger partial charge in [0.15, 0.2) is 0 Å². The molecule has 1 N–H and O–H groups in total. The van der Waals surface area contributed by atoms with Crippen molar-refractivity contribution in [2.45, 2.75) is 19.9 Å². The number of aryl methyl sites for hydroxylation is 1. The van der Waals surface area contributed by atoms with E-state index in [9.17, 15) is 4.39 Å². The average molecular weight is 247 g/mol. The zero-order chi connectivity index (χ0) is 13.0. The van der Waals surface area contributed by atoms with E-state index in [4.69, 9.17) is 0 Å². The second-order valence-electron chi connectivity index (χ2n) is 4.34. The van der Waals surface area contributed by atoms with Crippen LogP contribution in [-0.2, 0) is 13.6 Å². The summed E-state index contributed by atoms with van der Waals surface area (Å²) in [6.45, 7) is 3.54. The predicted octanol–water partition coefficient (Wildman–Crippen LogP) is 2.73. The Hall–Kier alpha value is -1.68. The summed E-state index contributed by atoms with van der Waals surface area (Å²) in [6, 6.07) is 5.13. The largest absolute Gasteiger partial charge is 0.334 e. The van der Waals surface area contributed by atoms with Crippen molar-refractivity contribution < 1.29 is 4.39 Å². The molecule has 0 aliphatic carbocycles. The molecule has 2 rings (SSSR count). The molecule has 96 valence electrons. The van der Waals surface area contributed by atoms with Crippen LogP contribution in [0.2, 0.25) is 0 Å². The summed E-state index contributed by atoms with van der Waals surface area (Å²) in [7, 11) is 1.93. The van der Waals surface area contributed by atoms with Crippen molar-refractivity contribution >= 4 is 0 Å². The molecule has 0 amide bonds. The lowest BCUT2D eigenvalue weighted by Gasteiger charge is -2.08. The average Bonchev–Trinajstić information content (AvgIpc) is 2.78. The van der Waals surface area contributed by atoms with E-state index in [0.29, 0.717) is 12.1 Å². The summed E-state index contributed by atoms with van der Waals surface area (Å²) in [4.78, 5) is 4.27. The summed E-state index contributed by atoms with van der Waals surface area (Å²) < 4.78 is 15.6. The molecule has 4 heteroatoms. The van der Waals surface area contributed by atoms with Crippen LogP contribution in [0.1, 0.15) is 18.9 Å². The number of imidazole rings is 1. The lowest BCUT2D eigenvalue weighted by molar-refractivity contribution is 0.586. The number of benzene rings is 1. The lowest BCUT2D eigenvalue weighted by Crippen LogP contribution is -2.14. The van der Waals surface area contributed by atoms with Gasteiger partial charge < -0.3 is 9.88 Å². The fraction of sp³-hybridized carbons (Fsp3) is 0.357. The maximum Gasteiger partial charge on any atom is 0.139 e. The van der Waals surface area contributed by atoms with Gasteiger partial charge in [0.05, 0.1) is 0 Å². The second-order valence-corrected chi connectivity index (χ2v) is 4.34. The van der Waals surface area contributed by atoms with Crippen molar-refractivity contribution in [3.8, 4) is 11.4 Å². The summed E-state index contributed by atoms with van der Waals surface area (Å²) in [5.41, 5.74) is 1.63. The van der Waals surface area contributed by atoms with E-state index >= 15 is 0 Å². The number of rotatable bonds is 5. The molecule has 0 atom stereocenters. The van der Waals surface area contributed by atoms with E-state index in [-0.39, 0.29) is 5.82 Å². The van der Waals surface area contributed by atoms with Crippen LogP contribution in [0.25, 0.3) is 11.4 Å². The first kappa shape index (κ1) is 12.8. The molecule has 1 aromatic carbocycles. The van der Waals surface area contributed by atoms with E-state index in [0.717, 1.165) is 24.4 Å². The Balaban J connectivity index is 2.23. The van der Waals surface area contributed by atoms with Gasteiger partial charge in [-0.2, -0.15) is 0 Å². The fourth-order valence-electron chi connectivity index (χ4n) is 1.89. The Morgan fingerprint density at radius 2 is 2.22 bits per heavy atom. The van der Waals surface area contributed by atoms with Gasteiger partial charge in [-0.1, -0.05) is 6.92 Å². The third kappa shape index (κ3) is 2.76. The quantitative estimate of drug-likeness (QED) is 0.823. The molecule has 18 heavy (non-hydrogen) atoms. The third-order valence-electron chi connectivity index (χ3n) is 2.87. The van der Waals surface area contributed by atoms with Crippen molar-refractivity contribution in [1.29, 1.82) is 0 Å². The number of nitrogens with one attached hydrogen (secondary N) is 1. The van der Waals surface area contributed by atoms with Crippen LogP contribution in [0.3, 0.4) is 0 Å². The van der Waals surface area contributed by atoms with Gasteiger partial charge in [-0.3, -0.25) is 0 Å². The van der Waals surface area contributed by atoms with Gasteiger partial charge >= 0.3 is 0 Å². The van der Waals surface area contributed by atoms with Crippen LogP contribution in [0.4, 0.5) is 4.39 Å². The highest BCUT2D eigenvalue weighted by molar-refractivity contribution is 5.56. The first-order valence-electron chi connectivity index (χ1n) is 6.19. The number of halogens is 1. The van der Waals surface area contributed by atoms with Gasteiger partial charge in [0.1, 0.15) is 11.6 Å². The monoisotopic (exact) mass is 247 g/mol. The molecule has 0 spiro atoms. The third-order valence-corrected chi connectivity index (χ3v) is 2.87. The van der Waals surface area contributed by atoms with Crippen molar-refractivity contribution in [2.75, 3.05) is 6.54 Å². The van der Waals surface area contributed by atoms with E-state index < -0.39 is 0 Å². The Labute approximate surface area is 107 Å². The zero-order valence-electron chi connectivity index (χ0n) is 10.8. The van der Waals surface area contributed by atoms with Gasteiger partial charge in [-0.05, 0) is 31.2 Å². The molecule has 0 unspecified atom stereocenters. The van der Waals surface area contributed by atoms with E-state index in [1.807, 2.05) is 23.9 Å². The molecule has 0 saturated heterocycles. The first-order chi connectivity index (χ1) is 8.72.